The first-order valence-electron chi connectivity index (χ1n) is 16.2. The average molecular weight is 622 g/mol. The number of rotatable bonds is 9. The fourth-order valence-electron chi connectivity index (χ4n) is 3.23. The Hall–Kier alpha value is -3.12. The first-order valence-corrected chi connectivity index (χ1v) is 16.2. The van der Waals surface area contributed by atoms with E-state index in [0.29, 0.717) is 13.0 Å². The van der Waals surface area contributed by atoms with Crippen molar-refractivity contribution in [3.8, 4) is 6.26 Å². The molecule has 1 aromatic rings. The van der Waals surface area contributed by atoms with E-state index >= 15 is 0 Å². The molecular formula is C35H63N3O6. The number of carbonyl (C=O) groups excluding carboxylic acids is 3. The zero-order valence-electron chi connectivity index (χ0n) is 29.8. The summed E-state index contributed by atoms with van der Waals surface area (Å²) in [4.78, 5) is 36.7. The van der Waals surface area contributed by atoms with E-state index in [-0.39, 0.29) is 12.5 Å². The second-order valence-electron chi connectivity index (χ2n) is 11.9. The molecule has 0 aliphatic carbocycles. The van der Waals surface area contributed by atoms with Gasteiger partial charge >= 0.3 is 12.1 Å². The van der Waals surface area contributed by atoms with E-state index in [9.17, 15) is 14.4 Å². The lowest BCUT2D eigenvalue weighted by Gasteiger charge is -2.23. The summed E-state index contributed by atoms with van der Waals surface area (Å²) in [5.74, 6) is -0.228. The number of nitrogens with zero attached hydrogens (tertiary/aromatic N) is 2. The number of hydrogen-bond acceptors (Lipinski definition) is 7. The second kappa shape index (κ2) is 28.6. The maximum absolute atomic E-state index is 12.1. The number of unbranched alkanes of at least 4 members (excludes halogenated alkanes) is 2. The van der Waals surface area contributed by atoms with Gasteiger partial charge in [0.05, 0.1) is 6.61 Å². The molecule has 0 saturated carbocycles. The summed E-state index contributed by atoms with van der Waals surface area (Å²) in [5, 5.41) is 10.8. The van der Waals surface area contributed by atoms with E-state index in [1.54, 1.807) is 20.8 Å². The average Bonchev–Trinajstić information content (AvgIpc) is 3.37. The van der Waals surface area contributed by atoms with E-state index in [0.717, 1.165) is 25.6 Å². The molecule has 2 unspecified atom stereocenters. The van der Waals surface area contributed by atoms with Crippen LogP contribution in [0.3, 0.4) is 0 Å². The minimum Gasteiger partial charge on any atom is -0.444 e. The third kappa shape index (κ3) is 27.7. The van der Waals surface area contributed by atoms with Crippen molar-refractivity contribution in [2.75, 3.05) is 19.7 Å². The summed E-state index contributed by atoms with van der Waals surface area (Å²) in [7, 11) is 0. The molecular weight excluding hydrogens is 558 g/mol. The first kappa shape index (κ1) is 45.3. The van der Waals surface area contributed by atoms with Gasteiger partial charge in [-0.05, 0) is 51.0 Å². The summed E-state index contributed by atoms with van der Waals surface area (Å²) >= 11 is 0. The SMILES string of the molecule is CC.CC(C)C.CC1CC(C(=O)OC#N)N(C(=O)CNC(=O)OC(C)(C)C)C1.CCCC.CCCCOCc1ccccc1. The predicted octanol–water partition coefficient (Wildman–Crippen LogP) is 8.27. The number of likely N-dealkylation sites (tertiary alicyclic amines) is 1. The molecule has 2 amide bonds. The molecule has 1 aromatic carbocycles. The number of alkyl carbamates (subject to hydrolysis) is 1. The van der Waals surface area contributed by atoms with Crippen LogP contribution in [-0.4, -0.2) is 54.2 Å². The minimum absolute atomic E-state index is 0.113. The van der Waals surface area contributed by atoms with Gasteiger partial charge in [0, 0.05) is 13.2 Å². The lowest BCUT2D eigenvalue weighted by molar-refractivity contribution is -0.147. The Bertz CT molecular complexity index is 889. The van der Waals surface area contributed by atoms with E-state index in [1.165, 1.54) is 36.0 Å². The Morgan fingerprint density at radius 2 is 1.57 bits per heavy atom. The van der Waals surface area contributed by atoms with Crippen LogP contribution in [-0.2, 0) is 30.4 Å². The van der Waals surface area contributed by atoms with Crippen LogP contribution in [0.1, 0.15) is 121 Å². The van der Waals surface area contributed by atoms with Crippen molar-refractivity contribution < 1.29 is 28.6 Å². The van der Waals surface area contributed by atoms with Crippen molar-refractivity contribution in [2.24, 2.45) is 11.8 Å². The van der Waals surface area contributed by atoms with Crippen LogP contribution >= 0.6 is 0 Å². The highest BCUT2D eigenvalue weighted by molar-refractivity contribution is 5.88. The zero-order valence-corrected chi connectivity index (χ0v) is 29.8. The Morgan fingerprint density at radius 1 is 1.02 bits per heavy atom. The number of benzene rings is 1. The molecule has 0 aromatic heterocycles. The lowest BCUT2D eigenvalue weighted by atomic mass is 10.1. The Balaban J connectivity index is -0.000000635. The van der Waals surface area contributed by atoms with Crippen LogP contribution in [0.25, 0.3) is 0 Å². The molecule has 1 heterocycles. The van der Waals surface area contributed by atoms with Crippen LogP contribution in [0.2, 0.25) is 0 Å². The molecule has 44 heavy (non-hydrogen) atoms. The number of carbonyl (C=O) groups is 3. The molecule has 254 valence electrons. The van der Waals surface area contributed by atoms with Gasteiger partial charge in [-0.15, -0.1) is 5.26 Å². The normalized spacial score (nSPS) is 14.9. The lowest BCUT2D eigenvalue weighted by Crippen LogP contribution is -2.46. The van der Waals surface area contributed by atoms with Gasteiger partial charge < -0.3 is 24.4 Å². The first-order chi connectivity index (χ1) is 20.7. The fourth-order valence-corrected chi connectivity index (χ4v) is 3.23. The monoisotopic (exact) mass is 621 g/mol. The number of esters is 1. The second-order valence-corrected chi connectivity index (χ2v) is 11.9. The van der Waals surface area contributed by atoms with Crippen LogP contribution in [0, 0.1) is 23.4 Å². The highest BCUT2D eigenvalue weighted by atomic mass is 16.6. The summed E-state index contributed by atoms with van der Waals surface area (Å²) in [6.45, 7) is 25.8. The molecule has 0 bridgehead atoms. The third-order valence-corrected chi connectivity index (χ3v) is 5.29. The van der Waals surface area contributed by atoms with Crippen LogP contribution in [0.4, 0.5) is 4.79 Å². The Kier molecular flexibility index (Phi) is 29.5. The van der Waals surface area contributed by atoms with Gasteiger partial charge in [0.2, 0.25) is 5.91 Å². The van der Waals surface area contributed by atoms with Gasteiger partial charge in [-0.3, -0.25) is 4.79 Å². The van der Waals surface area contributed by atoms with Crippen molar-refractivity contribution >= 4 is 18.0 Å². The highest BCUT2D eigenvalue weighted by Gasteiger charge is 2.39. The molecule has 2 atom stereocenters. The van der Waals surface area contributed by atoms with Gasteiger partial charge in [0.15, 0.2) is 0 Å². The summed E-state index contributed by atoms with van der Waals surface area (Å²) < 4.78 is 14.8. The molecule has 0 spiro atoms. The van der Waals surface area contributed by atoms with Crippen molar-refractivity contribution in [3.05, 3.63) is 35.9 Å². The van der Waals surface area contributed by atoms with Crippen LogP contribution in [0.5, 0.6) is 0 Å². The molecule has 9 nitrogen and oxygen atoms in total. The van der Waals surface area contributed by atoms with E-state index in [1.807, 2.05) is 39.0 Å². The molecule has 2 rings (SSSR count). The van der Waals surface area contributed by atoms with Crippen LogP contribution in [0.15, 0.2) is 30.3 Å². The minimum atomic E-state index is -0.789. The fraction of sp³-hybridized carbons (Fsp3) is 0.714. The molecule has 1 aliphatic heterocycles. The van der Waals surface area contributed by atoms with E-state index < -0.39 is 29.6 Å². The van der Waals surface area contributed by atoms with Crippen molar-refractivity contribution in [1.29, 1.82) is 5.26 Å². The van der Waals surface area contributed by atoms with Gasteiger partial charge in [-0.1, -0.05) is 112 Å². The summed E-state index contributed by atoms with van der Waals surface area (Å²) in [6, 6.07) is 9.49. The van der Waals surface area contributed by atoms with Gasteiger partial charge in [-0.25, -0.2) is 9.59 Å². The zero-order chi connectivity index (χ0) is 34.6. The number of nitrogens with one attached hydrogen (secondary N) is 1. The smallest absolute Gasteiger partial charge is 0.408 e. The van der Waals surface area contributed by atoms with E-state index in [2.05, 4.69) is 63.7 Å². The summed E-state index contributed by atoms with van der Waals surface area (Å²) in [6.07, 6.45) is 6.04. The summed E-state index contributed by atoms with van der Waals surface area (Å²) in [5.41, 5.74) is 0.600. The van der Waals surface area contributed by atoms with Crippen molar-refractivity contribution in [2.45, 2.75) is 133 Å². The number of amides is 2. The van der Waals surface area contributed by atoms with Gasteiger partial charge in [0.1, 0.15) is 18.2 Å². The van der Waals surface area contributed by atoms with Crippen LogP contribution < -0.4 is 5.32 Å². The maximum Gasteiger partial charge on any atom is 0.408 e. The molecule has 1 saturated heterocycles. The largest absolute Gasteiger partial charge is 0.444 e. The van der Waals surface area contributed by atoms with Crippen molar-refractivity contribution in [1.82, 2.24) is 10.2 Å². The van der Waals surface area contributed by atoms with Gasteiger partial charge in [-0.2, -0.15) is 0 Å². The third-order valence-electron chi connectivity index (χ3n) is 5.29. The Morgan fingerprint density at radius 3 is 2.02 bits per heavy atom. The maximum atomic E-state index is 12.1. The molecule has 1 N–H and O–H groups in total. The van der Waals surface area contributed by atoms with Crippen molar-refractivity contribution in [3.63, 3.8) is 0 Å². The van der Waals surface area contributed by atoms with Gasteiger partial charge in [0.25, 0.3) is 6.26 Å². The molecule has 1 aliphatic rings. The standard InChI is InChI=1S/C14H21N3O5.C11H16O.2C4H10.C2H6/c1-9-5-10(12(19)21-8-15)17(7-9)11(18)6-16-13(20)22-14(2,3)4;1-2-3-9-12-10-11-7-5-4-6-8-11;1-4(2)3;1-3-4-2;1-2/h9-10H,5-7H2,1-4H3,(H,16,20);4-8H,2-3,9-10H2,1H3;4H,1-3H3;3-4H2,1-2H3;1-2H3. The number of hydrogen-bond donors (Lipinski definition) is 1. The topological polar surface area (TPSA) is 118 Å². The highest BCUT2D eigenvalue weighted by Crippen LogP contribution is 2.23. The predicted molar refractivity (Wildman–Crippen MR) is 179 cm³/mol. The Labute approximate surface area is 269 Å². The van der Waals surface area contributed by atoms with E-state index in [4.69, 9.17) is 14.7 Å². The number of nitriles is 1. The molecule has 1 fully saturated rings. The quantitative estimate of drug-likeness (QED) is 0.167. The molecule has 0 radical (unpaired) electrons. The molecule has 9 heteroatoms. The number of ether oxygens (including phenoxy) is 3.